The first-order valence-corrected chi connectivity index (χ1v) is 6.69. The highest BCUT2D eigenvalue weighted by Crippen LogP contribution is 2.14. The van der Waals surface area contributed by atoms with E-state index in [0.717, 1.165) is 5.56 Å². The van der Waals surface area contributed by atoms with Crippen LogP contribution in [0.3, 0.4) is 0 Å². The Morgan fingerprint density at radius 3 is 2.30 bits per heavy atom. The second-order valence-corrected chi connectivity index (χ2v) is 4.65. The zero-order chi connectivity index (χ0) is 17.4. The average Bonchev–Trinajstić information content (AvgIpc) is 2.46. The number of methoxy groups -OCH3 is 1. The Labute approximate surface area is 133 Å². The van der Waals surface area contributed by atoms with Crippen molar-refractivity contribution in [3.63, 3.8) is 0 Å². The minimum absolute atomic E-state index is 0.0663. The Morgan fingerprint density at radius 1 is 1.22 bits per heavy atom. The minimum atomic E-state index is -0.751. The maximum absolute atomic E-state index is 11.7. The Kier molecular flexibility index (Phi) is 6.53. The van der Waals surface area contributed by atoms with E-state index >= 15 is 0 Å². The number of carbonyl (C=O) groups excluding carboxylic acids is 2. The molecule has 9 nitrogen and oxygen atoms in total. The van der Waals surface area contributed by atoms with E-state index in [1.807, 2.05) is 0 Å². The number of ether oxygens (including phenoxy) is 1. The normalized spacial score (nSPS) is 12.2. The third-order valence-corrected chi connectivity index (χ3v) is 2.73. The second kappa shape index (κ2) is 8.37. The topological polar surface area (TPSA) is 158 Å². The summed E-state index contributed by atoms with van der Waals surface area (Å²) in [5.74, 6) is -1.08. The number of nitrogens with two attached hydrogens (primary N) is 3. The largest absolute Gasteiger partial charge is 0.467 e. The highest BCUT2D eigenvalue weighted by molar-refractivity contribution is 5.93. The van der Waals surface area contributed by atoms with E-state index in [1.165, 1.54) is 14.0 Å². The molecule has 0 radical (unpaired) electrons. The molecule has 0 heterocycles. The van der Waals surface area contributed by atoms with Gasteiger partial charge in [0.2, 0.25) is 11.9 Å². The quantitative estimate of drug-likeness (QED) is 0.313. The second-order valence-electron chi connectivity index (χ2n) is 4.65. The fraction of sp³-hybridized carbons (Fsp3) is 0.286. The van der Waals surface area contributed by atoms with Crippen LogP contribution in [0.2, 0.25) is 0 Å². The highest BCUT2D eigenvalue weighted by Gasteiger charge is 2.20. The summed E-state index contributed by atoms with van der Waals surface area (Å²) in [6.45, 7) is 1.33. The lowest BCUT2D eigenvalue weighted by atomic mass is 10.1. The van der Waals surface area contributed by atoms with Crippen molar-refractivity contribution in [2.24, 2.45) is 27.2 Å². The van der Waals surface area contributed by atoms with Crippen molar-refractivity contribution in [2.75, 3.05) is 7.11 Å². The molecule has 1 aromatic carbocycles. The molecule has 1 rings (SSSR count). The van der Waals surface area contributed by atoms with Crippen LogP contribution in [0.4, 0.5) is 5.69 Å². The first-order valence-electron chi connectivity index (χ1n) is 6.69. The van der Waals surface area contributed by atoms with Gasteiger partial charge in [-0.05, 0) is 17.7 Å². The summed E-state index contributed by atoms with van der Waals surface area (Å²) in [5.41, 5.74) is 17.3. The molecule has 0 aliphatic rings. The van der Waals surface area contributed by atoms with Crippen LogP contribution in [0.1, 0.15) is 12.5 Å². The third kappa shape index (κ3) is 6.46. The van der Waals surface area contributed by atoms with E-state index < -0.39 is 12.0 Å². The lowest BCUT2D eigenvalue weighted by Gasteiger charge is -2.15. The number of hydrogen-bond donors (Lipinski definition) is 4. The minimum Gasteiger partial charge on any atom is -0.467 e. The lowest BCUT2D eigenvalue weighted by molar-refractivity contribution is -0.144. The SMILES string of the molecule is COC(=O)C(Cc1ccc(N=C(N)N=C(N)N)cc1)NC(C)=O. The number of hydrogen-bond acceptors (Lipinski definition) is 4. The number of amides is 1. The van der Waals surface area contributed by atoms with Crippen molar-refractivity contribution in [3.05, 3.63) is 29.8 Å². The van der Waals surface area contributed by atoms with E-state index in [0.29, 0.717) is 12.1 Å². The fourth-order valence-electron chi connectivity index (χ4n) is 1.81. The number of aliphatic imine (C=N–C) groups is 2. The maximum Gasteiger partial charge on any atom is 0.328 e. The first-order chi connectivity index (χ1) is 10.8. The van der Waals surface area contributed by atoms with Gasteiger partial charge in [0.1, 0.15) is 6.04 Å². The van der Waals surface area contributed by atoms with Crippen LogP contribution < -0.4 is 22.5 Å². The van der Waals surface area contributed by atoms with Gasteiger partial charge in [-0.1, -0.05) is 12.1 Å². The van der Waals surface area contributed by atoms with Crippen LogP contribution in [0.5, 0.6) is 0 Å². The molecule has 124 valence electrons. The van der Waals surface area contributed by atoms with Gasteiger partial charge < -0.3 is 27.3 Å². The standard InChI is InChI=1S/C14H20N6O3/c1-8(21)18-11(12(22)23-2)7-9-3-5-10(6-4-9)19-14(17)20-13(15)16/h3-6,11H,7H2,1-2H3,(H,18,21)(H6,15,16,17,19,20). The van der Waals surface area contributed by atoms with Crippen molar-refractivity contribution < 1.29 is 14.3 Å². The van der Waals surface area contributed by atoms with E-state index in [9.17, 15) is 9.59 Å². The number of esters is 1. The molecule has 0 saturated heterocycles. The summed E-state index contributed by atoms with van der Waals surface area (Å²) < 4.78 is 4.67. The van der Waals surface area contributed by atoms with E-state index in [2.05, 4.69) is 20.0 Å². The number of rotatable bonds is 5. The third-order valence-electron chi connectivity index (χ3n) is 2.73. The maximum atomic E-state index is 11.7. The van der Waals surface area contributed by atoms with Gasteiger partial charge in [-0.25, -0.2) is 9.79 Å². The zero-order valence-electron chi connectivity index (χ0n) is 12.9. The summed E-state index contributed by atoms with van der Waals surface area (Å²) in [6.07, 6.45) is 0.291. The summed E-state index contributed by atoms with van der Waals surface area (Å²) in [4.78, 5) is 30.4. The summed E-state index contributed by atoms with van der Waals surface area (Å²) >= 11 is 0. The molecule has 0 spiro atoms. The molecule has 0 aliphatic carbocycles. The van der Waals surface area contributed by atoms with E-state index in [1.54, 1.807) is 24.3 Å². The predicted octanol–water partition coefficient (Wildman–Crippen LogP) is -0.874. The van der Waals surface area contributed by atoms with Crippen LogP contribution in [-0.2, 0) is 20.7 Å². The van der Waals surface area contributed by atoms with Gasteiger partial charge in [0.15, 0.2) is 5.96 Å². The Hall–Kier alpha value is -3.10. The Balaban J connectivity index is 2.84. The molecular weight excluding hydrogens is 300 g/mol. The average molecular weight is 320 g/mol. The van der Waals surface area contributed by atoms with Crippen LogP contribution in [0, 0.1) is 0 Å². The highest BCUT2D eigenvalue weighted by atomic mass is 16.5. The van der Waals surface area contributed by atoms with Crippen molar-refractivity contribution in [1.82, 2.24) is 5.32 Å². The first kappa shape index (κ1) is 18.0. The zero-order valence-corrected chi connectivity index (χ0v) is 12.9. The van der Waals surface area contributed by atoms with Crippen LogP contribution in [-0.4, -0.2) is 36.9 Å². The molecule has 0 aliphatic heterocycles. The van der Waals surface area contributed by atoms with Crippen molar-refractivity contribution in [1.29, 1.82) is 0 Å². The Bertz CT molecular complexity index is 620. The van der Waals surface area contributed by atoms with Crippen LogP contribution >= 0.6 is 0 Å². The van der Waals surface area contributed by atoms with Crippen LogP contribution in [0.15, 0.2) is 34.3 Å². The fourth-order valence-corrected chi connectivity index (χ4v) is 1.81. The smallest absolute Gasteiger partial charge is 0.328 e. The molecule has 0 aromatic heterocycles. The summed E-state index contributed by atoms with van der Waals surface area (Å²) in [6, 6.07) is 6.12. The monoisotopic (exact) mass is 320 g/mol. The summed E-state index contributed by atoms with van der Waals surface area (Å²) in [7, 11) is 1.27. The number of benzene rings is 1. The predicted molar refractivity (Wildman–Crippen MR) is 86.9 cm³/mol. The molecule has 0 bridgehead atoms. The molecule has 23 heavy (non-hydrogen) atoms. The molecule has 1 unspecified atom stereocenters. The molecule has 0 fully saturated rings. The number of guanidine groups is 2. The van der Waals surface area contributed by atoms with Gasteiger partial charge in [0.25, 0.3) is 0 Å². The van der Waals surface area contributed by atoms with Gasteiger partial charge in [-0.2, -0.15) is 4.99 Å². The number of nitrogens with zero attached hydrogens (tertiary/aromatic N) is 2. The van der Waals surface area contributed by atoms with Crippen molar-refractivity contribution in [2.45, 2.75) is 19.4 Å². The molecule has 1 atom stereocenters. The van der Waals surface area contributed by atoms with E-state index in [-0.39, 0.29) is 17.8 Å². The molecule has 9 heteroatoms. The Morgan fingerprint density at radius 2 is 1.83 bits per heavy atom. The van der Waals surface area contributed by atoms with Crippen molar-refractivity contribution >= 4 is 29.5 Å². The van der Waals surface area contributed by atoms with Crippen LogP contribution in [0.25, 0.3) is 0 Å². The molecule has 1 aromatic rings. The van der Waals surface area contributed by atoms with Gasteiger partial charge in [-0.15, -0.1) is 0 Å². The number of carbonyl (C=O) groups is 2. The van der Waals surface area contributed by atoms with E-state index in [4.69, 9.17) is 17.2 Å². The van der Waals surface area contributed by atoms with Gasteiger partial charge in [0, 0.05) is 13.3 Å². The van der Waals surface area contributed by atoms with Gasteiger partial charge in [0.05, 0.1) is 12.8 Å². The number of nitrogens with one attached hydrogen (secondary N) is 1. The molecule has 1 amide bonds. The summed E-state index contributed by atoms with van der Waals surface area (Å²) in [5, 5.41) is 2.54. The van der Waals surface area contributed by atoms with Gasteiger partial charge in [-0.3, -0.25) is 4.79 Å². The van der Waals surface area contributed by atoms with Gasteiger partial charge >= 0.3 is 5.97 Å². The molecular formula is C14H20N6O3. The van der Waals surface area contributed by atoms with Crippen molar-refractivity contribution in [3.8, 4) is 0 Å². The molecule has 7 N–H and O–H groups in total. The lowest BCUT2D eigenvalue weighted by Crippen LogP contribution is -2.41. The molecule has 0 saturated carbocycles.